The van der Waals surface area contributed by atoms with E-state index in [4.69, 9.17) is 9.47 Å². The largest absolute Gasteiger partial charge is 0.508 e. The van der Waals surface area contributed by atoms with Crippen molar-refractivity contribution >= 4 is 69.2 Å². The number of carboxylic acid groups (broad SMARTS) is 1. The monoisotopic (exact) mass is 803 g/mol. The Balaban J connectivity index is 1.000. The first-order chi connectivity index (χ1) is 28.3. The average Bonchev–Trinajstić information content (AvgIpc) is 3.64. The van der Waals surface area contributed by atoms with E-state index in [9.17, 15) is 49.2 Å². The highest BCUT2D eigenvalue weighted by atomic mass is 16.5. The number of nitrogens with zero attached hydrogens (tertiary/aromatic N) is 1. The Morgan fingerprint density at radius 2 is 1.27 bits per heavy atom. The summed E-state index contributed by atoms with van der Waals surface area (Å²) in [5.41, 5.74) is 0.815. The van der Waals surface area contributed by atoms with Crippen molar-refractivity contribution in [3.63, 3.8) is 0 Å². The van der Waals surface area contributed by atoms with Gasteiger partial charge in [0.2, 0.25) is 5.91 Å². The maximum Gasteiger partial charge on any atom is 0.339 e. The smallest absolute Gasteiger partial charge is 0.339 e. The number of H-pyrrole nitrogens is 1. The van der Waals surface area contributed by atoms with Gasteiger partial charge in [-0.1, -0.05) is 0 Å². The number of methoxy groups -OCH3 is 2. The van der Waals surface area contributed by atoms with E-state index >= 15 is 0 Å². The predicted molar refractivity (Wildman–Crippen MR) is 212 cm³/mol. The van der Waals surface area contributed by atoms with Crippen molar-refractivity contribution in [2.75, 3.05) is 42.0 Å². The van der Waals surface area contributed by atoms with Gasteiger partial charge in [-0.15, -0.1) is 0 Å². The maximum atomic E-state index is 13.1. The minimum Gasteiger partial charge on any atom is -0.508 e. The first kappa shape index (κ1) is 40.1. The first-order valence-corrected chi connectivity index (χ1v) is 17.2. The number of hydrogen-bond acceptors (Lipinski definition) is 12. The Bertz CT molecular complexity index is 2640. The lowest BCUT2D eigenvalue weighted by molar-refractivity contribution is -0.115. The normalized spacial score (nSPS) is 10.6. The van der Waals surface area contributed by atoms with Crippen LogP contribution in [0.5, 0.6) is 28.7 Å². The van der Waals surface area contributed by atoms with E-state index in [1.807, 2.05) is 0 Å². The maximum absolute atomic E-state index is 13.1. The lowest BCUT2D eigenvalue weighted by atomic mass is 10.1. The molecule has 19 heteroatoms. The van der Waals surface area contributed by atoms with Gasteiger partial charge in [-0.05, 0) is 84.9 Å². The first-order valence-electron chi connectivity index (χ1n) is 17.2. The van der Waals surface area contributed by atoms with Crippen molar-refractivity contribution in [3.05, 3.63) is 119 Å². The van der Waals surface area contributed by atoms with Crippen LogP contribution in [0.15, 0.2) is 91.1 Å². The van der Waals surface area contributed by atoms with Gasteiger partial charge in [-0.3, -0.25) is 24.0 Å². The number of amides is 5. The molecule has 19 nitrogen and oxygen atoms in total. The fourth-order valence-electron chi connectivity index (χ4n) is 5.70. The highest BCUT2D eigenvalue weighted by molar-refractivity contribution is 6.10. The van der Waals surface area contributed by atoms with Gasteiger partial charge in [0.15, 0.2) is 23.0 Å². The highest BCUT2D eigenvalue weighted by Crippen LogP contribution is 2.40. The Morgan fingerprint density at radius 3 is 1.90 bits per heavy atom. The summed E-state index contributed by atoms with van der Waals surface area (Å²) in [4.78, 5) is 82.4. The molecule has 0 spiro atoms. The topological polar surface area (TPSA) is 291 Å². The lowest BCUT2D eigenvalue weighted by Crippen LogP contribution is -2.32. The van der Waals surface area contributed by atoms with Crippen LogP contribution in [0.3, 0.4) is 0 Å². The Hall–Kier alpha value is -8.61. The summed E-state index contributed by atoms with van der Waals surface area (Å²) in [7, 11) is 2.35. The van der Waals surface area contributed by atoms with Gasteiger partial charge >= 0.3 is 5.97 Å². The number of nitrogens with one attached hydrogen (secondary N) is 6. The third kappa shape index (κ3) is 8.94. The van der Waals surface area contributed by atoms with Crippen molar-refractivity contribution in [1.29, 1.82) is 0 Å². The number of aromatic nitrogens is 2. The molecule has 0 unspecified atom stereocenters. The second-order valence-electron chi connectivity index (χ2n) is 12.4. The van der Waals surface area contributed by atoms with Crippen LogP contribution in [0.25, 0.3) is 10.9 Å². The second kappa shape index (κ2) is 17.0. The molecule has 2 aromatic heterocycles. The number of aromatic amines is 1. The molecule has 0 aliphatic carbocycles. The number of carboxylic acids is 1. The number of pyridine rings is 1. The van der Waals surface area contributed by atoms with Crippen LogP contribution in [0.2, 0.25) is 0 Å². The summed E-state index contributed by atoms with van der Waals surface area (Å²) < 4.78 is 10.3. The van der Waals surface area contributed by atoms with E-state index in [2.05, 4.69) is 36.6 Å². The molecule has 10 N–H and O–H groups in total. The third-order valence-electron chi connectivity index (χ3n) is 8.59. The van der Waals surface area contributed by atoms with E-state index in [0.717, 1.165) is 13.2 Å². The van der Waals surface area contributed by atoms with Crippen LogP contribution in [-0.4, -0.2) is 86.7 Å². The molecule has 2 heterocycles. The van der Waals surface area contributed by atoms with Crippen LogP contribution < -0.4 is 36.1 Å². The Kier molecular flexibility index (Phi) is 11.6. The van der Waals surface area contributed by atoms with Crippen molar-refractivity contribution in [1.82, 2.24) is 15.3 Å². The summed E-state index contributed by atoms with van der Waals surface area (Å²) in [5, 5.41) is 53.4. The zero-order valence-electron chi connectivity index (χ0n) is 30.9. The number of phenols is 3. The fourth-order valence-corrected chi connectivity index (χ4v) is 5.70. The van der Waals surface area contributed by atoms with Crippen LogP contribution in [0.1, 0.15) is 52.1 Å². The zero-order valence-corrected chi connectivity index (χ0v) is 30.9. The number of rotatable bonds is 13. The average molecular weight is 804 g/mol. The number of benzene rings is 4. The van der Waals surface area contributed by atoms with Gasteiger partial charge in [0, 0.05) is 22.2 Å². The molecule has 0 bridgehead atoms. The molecule has 0 aliphatic heterocycles. The SMILES string of the molecule is COc1c(NC(=O)c2ccc(NC(=O)c3ccc(NC(=O)CNC(=O)c4ccc(NC(=O)c5cc6cc(O)ccc6[nH]5)cc4)cn3)c(OC)c2O)ccc(C(=O)O)c1O. The molecule has 6 aromatic rings. The van der Waals surface area contributed by atoms with Gasteiger partial charge in [0.25, 0.3) is 23.6 Å². The molecule has 0 atom stereocenters. The summed E-state index contributed by atoms with van der Waals surface area (Å²) in [6.07, 6.45) is 1.21. The molecule has 0 aliphatic rings. The van der Waals surface area contributed by atoms with E-state index in [1.165, 1.54) is 80.0 Å². The van der Waals surface area contributed by atoms with Gasteiger partial charge in [0.1, 0.15) is 22.7 Å². The number of anilines is 4. The molecule has 0 saturated carbocycles. The quantitative estimate of drug-likeness (QED) is 0.0769. The molecule has 0 saturated heterocycles. The van der Waals surface area contributed by atoms with Crippen LogP contribution in [-0.2, 0) is 4.79 Å². The molecule has 300 valence electrons. The van der Waals surface area contributed by atoms with Crippen LogP contribution in [0.4, 0.5) is 22.7 Å². The third-order valence-corrected chi connectivity index (χ3v) is 8.59. The molecular weight excluding hydrogens is 770 g/mol. The Morgan fingerprint density at radius 1 is 0.644 bits per heavy atom. The minimum atomic E-state index is -1.42. The number of hydrogen-bond donors (Lipinski definition) is 10. The molecule has 5 amide bonds. The molecule has 0 radical (unpaired) electrons. The van der Waals surface area contributed by atoms with Crippen LogP contribution in [0, 0.1) is 0 Å². The minimum absolute atomic E-state index is 0.0326. The second-order valence-corrected chi connectivity index (χ2v) is 12.4. The molecule has 6 rings (SSSR count). The summed E-state index contributed by atoms with van der Waals surface area (Å²) in [6, 6.07) is 19.7. The summed E-state index contributed by atoms with van der Waals surface area (Å²) >= 11 is 0. The van der Waals surface area contributed by atoms with Gasteiger partial charge < -0.3 is 61.5 Å². The van der Waals surface area contributed by atoms with Crippen molar-refractivity contribution in [2.24, 2.45) is 0 Å². The summed E-state index contributed by atoms with van der Waals surface area (Å²) in [5.74, 6) is -6.53. The molecule has 59 heavy (non-hydrogen) atoms. The number of aromatic carboxylic acids is 1. The number of aromatic hydroxyl groups is 3. The standard InChI is InChI=1S/C40H33N7O12/c1-58-34-28(13-9-24(32(34)50)37(53)46-27-14-10-25(40(56)57)33(51)35(27)59-2)47-38(54)29-11-7-22(17-41-29)43-31(49)18-42-36(52)19-3-5-21(6-4-19)44-39(55)30-16-20-15-23(48)8-12-26(20)45-30/h3-17,45,48,50-51H,18H2,1-2H3,(H,42,52)(H,43,49)(H,44,55)(H,46,53)(H,47,54)(H,56,57). The predicted octanol–water partition coefficient (Wildman–Crippen LogP) is 4.52. The number of fused-ring (bicyclic) bond motifs is 1. The molecule has 0 fully saturated rings. The molecular formula is C40H33N7O12. The van der Waals surface area contributed by atoms with Crippen LogP contribution >= 0.6 is 0 Å². The van der Waals surface area contributed by atoms with Crippen molar-refractivity contribution < 1.29 is 58.7 Å². The lowest BCUT2D eigenvalue weighted by Gasteiger charge is -2.16. The molecule has 4 aromatic carbocycles. The van der Waals surface area contributed by atoms with Crippen molar-refractivity contribution in [3.8, 4) is 28.7 Å². The summed E-state index contributed by atoms with van der Waals surface area (Å²) in [6.45, 7) is -0.403. The fraction of sp³-hybridized carbons (Fsp3) is 0.0750. The Labute approximate surface area is 332 Å². The van der Waals surface area contributed by atoms with E-state index in [1.54, 1.807) is 12.1 Å². The van der Waals surface area contributed by atoms with Gasteiger partial charge in [0.05, 0.1) is 49.6 Å². The van der Waals surface area contributed by atoms with E-state index in [0.29, 0.717) is 16.6 Å². The zero-order chi connectivity index (χ0) is 42.4. The van der Waals surface area contributed by atoms with Crippen molar-refractivity contribution in [2.45, 2.75) is 0 Å². The highest BCUT2D eigenvalue weighted by Gasteiger charge is 2.24. The number of ether oxygens (including phenoxy) is 2. The number of phenolic OH excluding ortho intramolecular Hbond substituents is 2. The number of carbonyl (C=O) groups excluding carboxylic acids is 5. The van der Waals surface area contributed by atoms with E-state index < -0.39 is 59.1 Å². The number of carbonyl (C=O) groups is 6. The van der Waals surface area contributed by atoms with Gasteiger partial charge in [-0.2, -0.15) is 0 Å². The van der Waals surface area contributed by atoms with Gasteiger partial charge in [-0.25, -0.2) is 9.78 Å². The van der Waals surface area contributed by atoms with E-state index in [-0.39, 0.29) is 56.8 Å².